The van der Waals surface area contributed by atoms with Crippen LogP contribution in [-0.2, 0) is 0 Å². The molecule has 0 saturated heterocycles. The number of rotatable bonds is 2. The van der Waals surface area contributed by atoms with E-state index in [0.717, 1.165) is 0 Å². The summed E-state index contributed by atoms with van der Waals surface area (Å²) in [5.74, 6) is -0.853. The normalized spacial score (nSPS) is 10.9. The molecule has 0 fully saturated rings. The number of aromatic nitrogens is 1. The molecule has 6 heteroatoms. The summed E-state index contributed by atoms with van der Waals surface area (Å²) in [5, 5.41) is 9.96. The highest BCUT2D eigenvalue weighted by molar-refractivity contribution is 6.38. The van der Waals surface area contributed by atoms with Gasteiger partial charge in [0.2, 0.25) is 5.89 Å². The maximum Gasteiger partial charge on any atom is 0.336 e. The zero-order valence-corrected chi connectivity index (χ0v) is 11.4. The van der Waals surface area contributed by atoms with E-state index in [4.69, 9.17) is 27.6 Å². The van der Waals surface area contributed by atoms with Gasteiger partial charge in [-0.2, -0.15) is 0 Å². The van der Waals surface area contributed by atoms with Crippen molar-refractivity contribution in [2.24, 2.45) is 0 Å². The average molecular weight is 308 g/mol. The van der Waals surface area contributed by atoms with E-state index in [9.17, 15) is 9.90 Å². The second kappa shape index (κ2) is 4.81. The first-order valence-corrected chi connectivity index (χ1v) is 6.40. The molecule has 0 unspecified atom stereocenters. The third-order valence-corrected chi connectivity index (χ3v) is 3.30. The molecule has 1 heterocycles. The number of carboxylic acid groups (broad SMARTS) is 1. The van der Waals surface area contributed by atoms with Gasteiger partial charge in [-0.25, -0.2) is 9.78 Å². The Morgan fingerprint density at radius 1 is 1.20 bits per heavy atom. The lowest BCUT2D eigenvalue weighted by molar-refractivity contribution is 0.0697. The topological polar surface area (TPSA) is 63.3 Å². The first-order chi connectivity index (χ1) is 9.56. The van der Waals surface area contributed by atoms with Gasteiger partial charge in [-0.1, -0.05) is 35.3 Å². The highest BCUT2D eigenvalue weighted by Gasteiger charge is 2.17. The minimum atomic E-state index is -1.05. The Bertz CT molecular complexity index is 826. The molecule has 4 nitrogen and oxygen atoms in total. The van der Waals surface area contributed by atoms with Gasteiger partial charge < -0.3 is 9.52 Å². The lowest BCUT2D eigenvalue weighted by atomic mass is 10.1. The van der Waals surface area contributed by atoms with Gasteiger partial charge in [0.15, 0.2) is 5.58 Å². The molecular weight excluding hydrogens is 301 g/mol. The van der Waals surface area contributed by atoms with Crippen LogP contribution in [0.15, 0.2) is 40.8 Å². The Morgan fingerprint density at radius 2 is 1.95 bits per heavy atom. The smallest absolute Gasteiger partial charge is 0.336 e. The summed E-state index contributed by atoms with van der Waals surface area (Å²) >= 11 is 11.9. The zero-order valence-electron chi connectivity index (χ0n) is 9.93. The summed E-state index contributed by atoms with van der Waals surface area (Å²) < 4.78 is 5.57. The van der Waals surface area contributed by atoms with Gasteiger partial charge in [-0.3, -0.25) is 0 Å². The number of oxazole rings is 1. The van der Waals surface area contributed by atoms with Crippen molar-refractivity contribution in [3.8, 4) is 11.5 Å². The summed E-state index contributed by atoms with van der Waals surface area (Å²) in [5.41, 5.74) is 1.37. The van der Waals surface area contributed by atoms with E-state index in [1.807, 2.05) is 0 Å². The lowest BCUT2D eigenvalue weighted by Gasteiger charge is -2.00. The van der Waals surface area contributed by atoms with Crippen LogP contribution in [0.25, 0.3) is 22.6 Å². The summed E-state index contributed by atoms with van der Waals surface area (Å²) in [6, 6.07) is 9.62. The monoisotopic (exact) mass is 307 g/mol. The molecule has 0 radical (unpaired) electrons. The Balaban J connectivity index is 2.26. The highest BCUT2D eigenvalue weighted by Crippen LogP contribution is 2.32. The van der Waals surface area contributed by atoms with E-state index in [0.29, 0.717) is 26.7 Å². The molecule has 0 aliphatic heterocycles. The van der Waals surface area contributed by atoms with Gasteiger partial charge in [0.05, 0.1) is 16.1 Å². The van der Waals surface area contributed by atoms with Crippen LogP contribution in [0.5, 0.6) is 0 Å². The lowest BCUT2D eigenvalue weighted by Crippen LogP contribution is -1.98. The van der Waals surface area contributed by atoms with Crippen LogP contribution < -0.4 is 0 Å². The van der Waals surface area contributed by atoms with Crippen LogP contribution in [0.1, 0.15) is 10.4 Å². The number of hydrogen-bond acceptors (Lipinski definition) is 3. The fraction of sp³-hybridized carbons (Fsp3) is 0. The molecule has 0 amide bonds. The average Bonchev–Trinajstić information content (AvgIpc) is 2.82. The van der Waals surface area contributed by atoms with Crippen molar-refractivity contribution in [3.63, 3.8) is 0 Å². The Morgan fingerprint density at radius 3 is 2.70 bits per heavy atom. The Labute approximate surface area is 123 Å². The number of halogens is 2. The van der Waals surface area contributed by atoms with E-state index < -0.39 is 5.97 Å². The summed E-state index contributed by atoms with van der Waals surface area (Å²) in [7, 11) is 0. The number of fused-ring (bicyclic) bond motifs is 1. The number of nitrogens with zero attached hydrogens (tertiary/aromatic N) is 1. The van der Waals surface area contributed by atoms with Crippen molar-refractivity contribution < 1.29 is 14.3 Å². The summed E-state index contributed by atoms with van der Waals surface area (Å²) in [6.45, 7) is 0. The van der Waals surface area contributed by atoms with Crippen LogP contribution in [0, 0.1) is 0 Å². The molecule has 3 rings (SSSR count). The highest BCUT2D eigenvalue weighted by atomic mass is 35.5. The van der Waals surface area contributed by atoms with E-state index in [-0.39, 0.29) is 11.5 Å². The maximum atomic E-state index is 11.2. The van der Waals surface area contributed by atoms with E-state index in [1.54, 1.807) is 30.3 Å². The number of carboxylic acids is 1. The standard InChI is InChI=1S/C14H7Cl2NO3/c15-7-5-10(16)12-11(6-7)17-13(20-12)8-3-1-2-4-9(8)14(18)19/h1-6H,(H,18,19). The zero-order chi connectivity index (χ0) is 14.3. The fourth-order valence-corrected chi connectivity index (χ4v) is 2.45. The third kappa shape index (κ3) is 2.13. The Hall–Kier alpha value is -2.04. The van der Waals surface area contributed by atoms with Crippen molar-refractivity contribution in [1.29, 1.82) is 0 Å². The first kappa shape index (κ1) is 13.0. The minimum Gasteiger partial charge on any atom is -0.478 e. The molecule has 20 heavy (non-hydrogen) atoms. The van der Waals surface area contributed by atoms with Gasteiger partial charge in [0, 0.05) is 5.02 Å². The fourth-order valence-electron chi connectivity index (χ4n) is 1.93. The predicted molar refractivity (Wildman–Crippen MR) is 76.4 cm³/mol. The first-order valence-electron chi connectivity index (χ1n) is 5.64. The van der Waals surface area contributed by atoms with Gasteiger partial charge >= 0.3 is 5.97 Å². The molecule has 0 saturated carbocycles. The van der Waals surface area contributed by atoms with Crippen molar-refractivity contribution >= 4 is 40.3 Å². The molecule has 2 aromatic carbocycles. The molecular formula is C14H7Cl2NO3. The van der Waals surface area contributed by atoms with Crippen molar-refractivity contribution in [2.45, 2.75) is 0 Å². The van der Waals surface area contributed by atoms with Gasteiger partial charge in [-0.15, -0.1) is 0 Å². The molecule has 1 aromatic heterocycles. The largest absolute Gasteiger partial charge is 0.478 e. The van der Waals surface area contributed by atoms with Gasteiger partial charge in [0.1, 0.15) is 5.52 Å². The molecule has 100 valence electrons. The van der Waals surface area contributed by atoms with E-state index >= 15 is 0 Å². The number of benzene rings is 2. The predicted octanol–water partition coefficient (Wildman–Crippen LogP) is 4.50. The number of hydrogen-bond donors (Lipinski definition) is 1. The summed E-state index contributed by atoms with van der Waals surface area (Å²) in [6.07, 6.45) is 0. The van der Waals surface area contributed by atoms with Gasteiger partial charge in [0.25, 0.3) is 0 Å². The van der Waals surface area contributed by atoms with E-state index in [1.165, 1.54) is 6.07 Å². The summed E-state index contributed by atoms with van der Waals surface area (Å²) in [4.78, 5) is 15.5. The maximum absolute atomic E-state index is 11.2. The molecule has 0 aliphatic rings. The van der Waals surface area contributed by atoms with E-state index in [2.05, 4.69) is 4.98 Å². The minimum absolute atomic E-state index is 0.112. The molecule has 0 aliphatic carbocycles. The quantitative estimate of drug-likeness (QED) is 0.757. The second-order valence-electron chi connectivity index (χ2n) is 4.11. The molecule has 0 bridgehead atoms. The number of carbonyl (C=O) groups is 1. The van der Waals surface area contributed by atoms with Crippen molar-refractivity contribution in [1.82, 2.24) is 4.98 Å². The molecule has 0 spiro atoms. The van der Waals surface area contributed by atoms with Gasteiger partial charge in [-0.05, 0) is 24.3 Å². The van der Waals surface area contributed by atoms with Crippen LogP contribution >= 0.6 is 23.2 Å². The number of aromatic carboxylic acids is 1. The van der Waals surface area contributed by atoms with Crippen LogP contribution in [0.3, 0.4) is 0 Å². The third-order valence-electron chi connectivity index (χ3n) is 2.80. The van der Waals surface area contributed by atoms with Crippen molar-refractivity contribution in [2.75, 3.05) is 0 Å². The second-order valence-corrected chi connectivity index (χ2v) is 4.95. The Kier molecular flexibility index (Phi) is 3.12. The molecule has 0 atom stereocenters. The van der Waals surface area contributed by atoms with Crippen LogP contribution in [0.2, 0.25) is 10.0 Å². The SMILES string of the molecule is O=C(O)c1ccccc1-c1nc2cc(Cl)cc(Cl)c2o1. The molecule has 1 N–H and O–H groups in total. The van der Waals surface area contributed by atoms with Crippen LogP contribution in [-0.4, -0.2) is 16.1 Å². The van der Waals surface area contributed by atoms with Crippen LogP contribution in [0.4, 0.5) is 0 Å². The van der Waals surface area contributed by atoms with Crippen molar-refractivity contribution in [3.05, 3.63) is 52.0 Å². The molecule has 3 aromatic rings.